The number of carbonyl (C=O) groups excluding carboxylic acids is 1. The number of halogens is 4. The number of rotatable bonds is 3. The van der Waals surface area contributed by atoms with E-state index in [0.29, 0.717) is 24.2 Å². The second kappa shape index (κ2) is 6.10. The van der Waals surface area contributed by atoms with E-state index in [1.54, 1.807) is 12.1 Å². The molecule has 0 saturated heterocycles. The molecule has 1 aromatic rings. The van der Waals surface area contributed by atoms with E-state index in [4.69, 9.17) is 34.8 Å². The molecule has 1 aromatic carbocycles. The van der Waals surface area contributed by atoms with Crippen LogP contribution in [0.1, 0.15) is 10.4 Å². The molecule has 2 nitrogen and oxygen atoms in total. The molecule has 1 rings (SSSR count). The van der Waals surface area contributed by atoms with Crippen molar-refractivity contribution < 1.29 is 4.79 Å². The minimum absolute atomic E-state index is 0.209. The van der Waals surface area contributed by atoms with Crippen LogP contribution in [0.15, 0.2) is 23.7 Å². The Kier molecular flexibility index (Phi) is 5.37. The van der Waals surface area contributed by atoms with E-state index in [1.807, 2.05) is 22.6 Å². The van der Waals surface area contributed by atoms with Gasteiger partial charge in [-0.3, -0.25) is 4.79 Å². The van der Waals surface area contributed by atoms with Crippen molar-refractivity contribution in [3.05, 3.63) is 42.9 Å². The zero-order valence-electron chi connectivity index (χ0n) is 7.99. The maximum Gasteiger partial charge on any atom is 0.252 e. The van der Waals surface area contributed by atoms with Crippen molar-refractivity contribution in [2.75, 3.05) is 6.54 Å². The van der Waals surface area contributed by atoms with Crippen LogP contribution in [0, 0.1) is 3.57 Å². The average molecular weight is 390 g/mol. The SMILES string of the molecule is C=C(Cl)CNC(=O)c1cc(Cl)cc(Cl)c1I. The third kappa shape index (κ3) is 3.80. The molecule has 0 saturated carbocycles. The number of nitrogens with one attached hydrogen (secondary N) is 1. The fourth-order valence-electron chi connectivity index (χ4n) is 0.993. The maximum absolute atomic E-state index is 11.7. The van der Waals surface area contributed by atoms with E-state index in [9.17, 15) is 4.79 Å². The summed E-state index contributed by atoms with van der Waals surface area (Å²) in [5.74, 6) is -0.282. The Labute approximate surface area is 122 Å². The first-order valence-corrected chi connectivity index (χ1v) is 6.39. The largest absolute Gasteiger partial charge is 0.347 e. The summed E-state index contributed by atoms with van der Waals surface area (Å²) in [6.07, 6.45) is 0. The van der Waals surface area contributed by atoms with Crippen LogP contribution in [-0.2, 0) is 0 Å². The Balaban J connectivity index is 2.95. The molecule has 1 amide bonds. The molecule has 0 unspecified atom stereocenters. The summed E-state index contributed by atoms with van der Waals surface area (Å²) >= 11 is 19.3. The van der Waals surface area contributed by atoms with Crippen molar-refractivity contribution in [1.82, 2.24) is 5.32 Å². The summed E-state index contributed by atoms with van der Waals surface area (Å²) in [5.41, 5.74) is 0.427. The van der Waals surface area contributed by atoms with Crippen LogP contribution in [-0.4, -0.2) is 12.5 Å². The molecule has 6 heteroatoms. The van der Waals surface area contributed by atoms with Gasteiger partial charge in [-0.2, -0.15) is 0 Å². The zero-order chi connectivity index (χ0) is 12.3. The van der Waals surface area contributed by atoms with Gasteiger partial charge in [0.05, 0.1) is 17.1 Å². The third-order valence-electron chi connectivity index (χ3n) is 1.68. The van der Waals surface area contributed by atoms with Crippen molar-refractivity contribution in [2.24, 2.45) is 0 Å². The van der Waals surface area contributed by atoms with Gasteiger partial charge < -0.3 is 5.32 Å². The molecule has 0 fully saturated rings. The first kappa shape index (κ1) is 14.1. The second-order valence-corrected chi connectivity index (χ2v) is 5.41. The lowest BCUT2D eigenvalue weighted by Gasteiger charge is -2.07. The monoisotopic (exact) mass is 389 g/mol. The summed E-state index contributed by atoms with van der Waals surface area (Å²) in [5, 5.41) is 3.82. The van der Waals surface area contributed by atoms with Crippen molar-refractivity contribution in [3.63, 3.8) is 0 Å². The van der Waals surface area contributed by atoms with Gasteiger partial charge in [-0.25, -0.2) is 0 Å². The van der Waals surface area contributed by atoms with Crippen LogP contribution in [0.4, 0.5) is 0 Å². The lowest BCUT2D eigenvalue weighted by molar-refractivity contribution is 0.0957. The molecule has 16 heavy (non-hydrogen) atoms. The Morgan fingerprint density at radius 3 is 2.62 bits per heavy atom. The molecule has 86 valence electrons. The Morgan fingerprint density at radius 1 is 1.44 bits per heavy atom. The molecule has 0 aliphatic rings. The minimum Gasteiger partial charge on any atom is -0.347 e. The summed E-state index contributed by atoms with van der Waals surface area (Å²) in [6, 6.07) is 3.14. The van der Waals surface area contributed by atoms with Gasteiger partial charge in [-0.1, -0.05) is 41.4 Å². The molecule has 0 aliphatic heterocycles. The van der Waals surface area contributed by atoms with E-state index in [-0.39, 0.29) is 12.5 Å². The highest BCUT2D eigenvalue weighted by Crippen LogP contribution is 2.26. The topological polar surface area (TPSA) is 29.1 Å². The number of amides is 1. The highest BCUT2D eigenvalue weighted by Gasteiger charge is 2.13. The molecule has 1 N–H and O–H groups in total. The molecule has 0 aromatic heterocycles. The molecule has 0 spiro atoms. The second-order valence-electron chi connectivity index (χ2n) is 2.95. The van der Waals surface area contributed by atoms with Crippen LogP contribution >= 0.6 is 57.4 Å². The predicted octanol–water partition coefficient (Wildman–Crippen LogP) is 4.08. The van der Waals surface area contributed by atoms with E-state index in [1.165, 1.54) is 0 Å². The summed E-state index contributed by atoms with van der Waals surface area (Å²) in [7, 11) is 0. The van der Waals surface area contributed by atoms with Gasteiger partial charge in [0, 0.05) is 13.6 Å². The lowest BCUT2D eigenvalue weighted by Crippen LogP contribution is -2.25. The molecule has 0 bridgehead atoms. The zero-order valence-corrected chi connectivity index (χ0v) is 12.4. The third-order valence-corrected chi connectivity index (χ3v) is 3.81. The fourth-order valence-corrected chi connectivity index (χ4v) is 2.11. The van der Waals surface area contributed by atoms with Crippen molar-refractivity contribution >= 4 is 63.3 Å². The van der Waals surface area contributed by atoms with E-state index in [2.05, 4.69) is 11.9 Å². The molecular weight excluding hydrogens is 383 g/mol. The fraction of sp³-hybridized carbons (Fsp3) is 0.100. The number of benzene rings is 1. The summed E-state index contributed by atoms with van der Waals surface area (Å²) in [6.45, 7) is 3.68. The van der Waals surface area contributed by atoms with E-state index >= 15 is 0 Å². The standard InChI is InChI=1S/C10H7Cl3INO/c1-5(11)4-15-10(16)7-2-6(12)3-8(13)9(7)14/h2-3H,1,4H2,(H,15,16). The maximum atomic E-state index is 11.7. The van der Waals surface area contributed by atoms with Crippen LogP contribution < -0.4 is 5.32 Å². The first-order valence-electron chi connectivity index (χ1n) is 4.18. The Hall–Kier alpha value is 0.0300. The Morgan fingerprint density at radius 2 is 2.06 bits per heavy atom. The number of hydrogen-bond acceptors (Lipinski definition) is 1. The minimum atomic E-state index is -0.282. The van der Waals surface area contributed by atoms with Crippen molar-refractivity contribution in [3.8, 4) is 0 Å². The smallest absolute Gasteiger partial charge is 0.252 e. The first-order chi connectivity index (χ1) is 7.41. The summed E-state index contributed by atoms with van der Waals surface area (Å²) in [4.78, 5) is 11.7. The van der Waals surface area contributed by atoms with Gasteiger partial charge in [-0.15, -0.1) is 0 Å². The number of hydrogen-bond donors (Lipinski definition) is 1. The molecule has 0 atom stereocenters. The van der Waals surface area contributed by atoms with Gasteiger partial charge in [0.25, 0.3) is 5.91 Å². The summed E-state index contributed by atoms with van der Waals surface area (Å²) < 4.78 is 0.654. The van der Waals surface area contributed by atoms with E-state index in [0.717, 1.165) is 0 Å². The quantitative estimate of drug-likeness (QED) is 0.612. The Bertz CT molecular complexity index is 448. The molecule has 0 radical (unpaired) electrons. The highest BCUT2D eigenvalue weighted by molar-refractivity contribution is 14.1. The van der Waals surface area contributed by atoms with Crippen molar-refractivity contribution in [1.29, 1.82) is 0 Å². The average Bonchev–Trinajstić information content (AvgIpc) is 2.19. The molecule has 0 aliphatic carbocycles. The van der Waals surface area contributed by atoms with Gasteiger partial charge >= 0.3 is 0 Å². The van der Waals surface area contributed by atoms with Gasteiger partial charge in [0.2, 0.25) is 0 Å². The van der Waals surface area contributed by atoms with Crippen LogP contribution in [0.3, 0.4) is 0 Å². The highest BCUT2D eigenvalue weighted by atomic mass is 127. The molecule has 0 heterocycles. The van der Waals surface area contributed by atoms with Gasteiger partial charge in [-0.05, 0) is 34.7 Å². The van der Waals surface area contributed by atoms with Crippen LogP contribution in [0.5, 0.6) is 0 Å². The van der Waals surface area contributed by atoms with Crippen LogP contribution in [0.2, 0.25) is 10.0 Å². The van der Waals surface area contributed by atoms with E-state index < -0.39 is 0 Å². The van der Waals surface area contributed by atoms with Crippen molar-refractivity contribution in [2.45, 2.75) is 0 Å². The van der Waals surface area contributed by atoms with Crippen LogP contribution in [0.25, 0.3) is 0 Å². The lowest BCUT2D eigenvalue weighted by atomic mass is 10.2. The molecular formula is C10H7Cl3INO. The number of carbonyl (C=O) groups is 1. The normalized spacial score (nSPS) is 10.0. The van der Waals surface area contributed by atoms with Gasteiger partial charge in [0.1, 0.15) is 0 Å². The van der Waals surface area contributed by atoms with Gasteiger partial charge in [0.15, 0.2) is 0 Å². The predicted molar refractivity (Wildman–Crippen MR) is 76.5 cm³/mol.